The molecule has 0 radical (unpaired) electrons. The normalized spacial score (nSPS) is 27.7. The van der Waals surface area contributed by atoms with Gasteiger partial charge in [0.25, 0.3) is 0 Å². The Morgan fingerprint density at radius 2 is 1.73 bits per heavy atom. The Bertz CT molecular complexity index is 1740. The van der Waals surface area contributed by atoms with Gasteiger partial charge in [0, 0.05) is 20.2 Å². The van der Waals surface area contributed by atoms with Gasteiger partial charge in [-0.15, -0.1) is 0 Å². The lowest BCUT2D eigenvalue weighted by molar-refractivity contribution is -0.143. The maximum atomic E-state index is 13.3. The Balaban J connectivity index is 1.31. The van der Waals surface area contributed by atoms with Crippen molar-refractivity contribution >= 4 is 47.6 Å². The van der Waals surface area contributed by atoms with Crippen molar-refractivity contribution in [2.45, 2.75) is 132 Å². The summed E-state index contributed by atoms with van der Waals surface area (Å²) in [6.45, 7) is 4.75. The number of aliphatic hydroxyl groups excluding tert-OH is 2. The van der Waals surface area contributed by atoms with E-state index in [4.69, 9.17) is 36.1 Å². The van der Waals surface area contributed by atoms with Crippen LogP contribution in [0, 0.1) is 5.92 Å². The molecular formula is C39H64N10O14. The number of carboxylic acid groups (broad SMARTS) is 1. The molecule has 6 amide bonds. The largest absolute Gasteiger partial charge is 0.481 e. The molecule has 1 spiro atoms. The molecule has 24 nitrogen and oxygen atoms in total. The van der Waals surface area contributed by atoms with Gasteiger partial charge in [0.05, 0.1) is 44.2 Å². The lowest BCUT2D eigenvalue weighted by atomic mass is 9.68. The summed E-state index contributed by atoms with van der Waals surface area (Å²) < 4.78 is 23.8. The quantitative estimate of drug-likeness (QED) is 0.0110. The van der Waals surface area contributed by atoms with Crippen LogP contribution in [0.4, 0.5) is 4.79 Å². The predicted molar refractivity (Wildman–Crippen MR) is 221 cm³/mol. The average molecular weight is 897 g/mol. The molecule has 1 saturated carbocycles. The van der Waals surface area contributed by atoms with Crippen LogP contribution in [0.15, 0.2) is 16.6 Å². The molecule has 0 aromatic rings. The second kappa shape index (κ2) is 22.5. The van der Waals surface area contributed by atoms with E-state index in [2.05, 4.69) is 37.7 Å². The maximum Gasteiger partial charge on any atom is 0.407 e. The molecule has 14 N–H and O–H groups in total. The number of guanidine groups is 1. The van der Waals surface area contributed by atoms with Crippen LogP contribution in [0.5, 0.6) is 0 Å². The number of methoxy groups -OCH3 is 1. The number of aliphatic imine (C=N–C) groups is 1. The van der Waals surface area contributed by atoms with E-state index in [0.29, 0.717) is 32.3 Å². The highest BCUT2D eigenvalue weighted by Crippen LogP contribution is 2.59. The first-order chi connectivity index (χ1) is 29.7. The summed E-state index contributed by atoms with van der Waals surface area (Å²) in [6.07, 6.45) is 0.0384. The van der Waals surface area contributed by atoms with Crippen molar-refractivity contribution in [3.05, 3.63) is 11.6 Å². The summed E-state index contributed by atoms with van der Waals surface area (Å²) in [7, 11) is 1.54. The maximum absolute atomic E-state index is 13.3. The van der Waals surface area contributed by atoms with Gasteiger partial charge in [0.2, 0.25) is 29.5 Å². The van der Waals surface area contributed by atoms with Crippen LogP contribution in [0.1, 0.15) is 72.1 Å². The van der Waals surface area contributed by atoms with Crippen molar-refractivity contribution in [1.29, 1.82) is 0 Å². The first kappa shape index (κ1) is 50.5. The summed E-state index contributed by atoms with van der Waals surface area (Å²) in [5, 5.41) is 42.0. The zero-order chi connectivity index (χ0) is 46.6. The number of carboxylic acids is 1. The lowest BCUT2D eigenvalue weighted by Crippen LogP contribution is -2.59. The molecule has 0 bridgehead atoms. The zero-order valence-electron chi connectivity index (χ0n) is 36.1. The van der Waals surface area contributed by atoms with E-state index in [0.717, 1.165) is 11.3 Å². The van der Waals surface area contributed by atoms with Crippen LogP contribution >= 0.6 is 0 Å². The third-order valence-corrected chi connectivity index (χ3v) is 11.7. The fraction of sp³-hybridized carbons (Fsp3) is 0.744. The summed E-state index contributed by atoms with van der Waals surface area (Å²) in [5.74, 6) is -6.11. The highest BCUT2D eigenvalue weighted by Gasteiger charge is 2.72. The number of hydrogen-bond donors (Lipinski definition) is 11. The predicted octanol–water partition coefficient (Wildman–Crippen LogP) is -3.85. The zero-order valence-corrected chi connectivity index (χ0v) is 36.1. The van der Waals surface area contributed by atoms with Crippen LogP contribution in [0.3, 0.4) is 0 Å². The van der Waals surface area contributed by atoms with E-state index in [1.54, 1.807) is 0 Å². The smallest absolute Gasteiger partial charge is 0.407 e. The minimum absolute atomic E-state index is 0.00513. The van der Waals surface area contributed by atoms with Crippen LogP contribution in [-0.2, 0) is 47.7 Å². The molecule has 4 aliphatic rings. The van der Waals surface area contributed by atoms with Gasteiger partial charge >= 0.3 is 12.1 Å². The lowest BCUT2D eigenvalue weighted by Gasteiger charge is -2.42. The highest BCUT2D eigenvalue weighted by molar-refractivity contribution is 5.94. The van der Waals surface area contributed by atoms with Gasteiger partial charge in [0.15, 0.2) is 5.96 Å². The number of amides is 6. The van der Waals surface area contributed by atoms with Gasteiger partial charge in [-0.3, -0.25) is 39.1 Å². The van der Waals surface area contributed by atoms with E-state index in [-0.39, 0.29) is 43.9 Å². The molecule has 3 heterocycles. The molecule has 11 atom stereocenters. The third-order valence-electron chi connectivity index (χ3n) is 11.7. The summed E-state index contributed by atoms with van der Waals surface area (Å²) in [4.78, 5) is 94.0. The summed E-state index contributed by atoms with van der Waals surface area (Å²) >= 11 is 0. The SMILES string of the molecule is CO[C@@H]1[C@H](OC(=O)NCC(=O)N[C@@H](CCCN=C(N)N)C(=O)NC[C@@H](O)N[C@@H](CC(=O)O)C(=O)N[C@@H](CO)C(=O)N2CCCC2C(N)=O)CC[C@]2(CO2)[C@H]1[C@@]1(C)O[C@@H]1CC=C(C)C. The molecule has 3 saturated heterocycles. The van der Waals surface area contributed by atoms with Crippen molar-refractivity contribution in [3.63, 3.8) is 0 Å². The number of carbonyl (C=O) groups excluding carboxylic acids is 6. The number of likely N-dealkylation sites (tertiary alicyclic amines) is 1. The number of carbonyl (C=O) groups is 7. The number of alkyl carbamates (subject to hydrolysis) is 1. The number of ether oxygens (including phenoxy) is 4. The molecule has 3 aliphatic heterocycles. The second-order valence-corrected chi connectivity index (χ2v) is 16.7. The first-order valence-corrected chi connectivity index (χ1v) is 21.0. The van der Waals surface area contributed by atoms with Crippen LogP contribution < -0.4 is 43.8 Å². The van der Waals surface area contributed by atoms with Crippen molar-refractivity contribution in [3.8, 4) is 0 Å². The van der Waals surface area contributed by atoms with Gasteiger partial charge in [-0.2, -0.15) is 0 Å². The number of nitrogens with one attached hydrogen (secondary N) is 5. The Morgan fingerprint density at radius 1 is 1.02 bits per heavy atom. The van der Waals surface area contributed by atoms with Crippen LogP contribution in [-0.4, -0.2) is 174 Å². The van der Waals surface area contributed by atoms with E-state index >= 15 is 0 Å². The Morgan fingerprint density at radius 3 is 2.33 bits per heavy atom. The molecule has 354 valence electrons. The van der Waals surface area contributed by atoms with E-state index in [9.17, 15) is 48.9 Å². The monoisotopic (exact) mass is 896 g/mol. The Hall–Kier alpha value is -5.14. The molecule has 1 aliphatic carbocycles. The summed E-state index contributed by atoms with van der Waals surface area (Å²) in [6, 6.07) is -5.41. The van der Waals surface area contributed by atoms with Gasteiger partial charge in [-0.05, 0) is 65.7 Å². The molecule has 4 rings (SSSR count). The highest BCUT2D eigenvalue weighted by atomic mass is 16.6. The van der Waals surface area contributed by atoms with Crippen molar-refractivity contribution in [1.82, 2.24) is 31.5 Å². The van der Waals surface area contributed by atoms with E-state index < -0.39 is 122 Å². The number of nitrogens with zero attached hydrogens (tertiary/aromatic N) is 2. The van der Waals surface area contributed by atoms with Gasteiger partial charge in [-0.25, -0.2) is 4.79 Å². The molecular weight excluding hydrogens is 832 g/mol. The molecule has 0 aromatic carbocycles. The molecule has 63 heavy (non-hydrogen) atoms. The molecule has 24 heteroatoms. The van der Waals surface area contributed by atoms with Crippen molar-refractivity contribution in [2.24, 2.45) is 28.1 Å². The average Bonchev–Trinajstić information content (AvgIpc) is 4.07. The fourth-order valence-corrected chi connectivity index (χ4v) is 8.42. The number of nitrogens with two attached hydrogens (primary N) is 3. The number of rotatable bonds is 24. The van der Waals surface area contributed by atoms with Gasteiger partial charge in [-0.1, -0.05) is 11.6 Å². The van der Waals surface area contributed by atoms with E-state index in [1.165, 1.54) is 12.7 Å². The third kappa shape index (κ3) is 13.9. The minimum Gasteiger partial charge on any atom is -0.481 e. The van der Waals surface area contributed by atoms with Gasteiger partial charge < -0.3 is 77.6 Å². The van der Waals surface area contributed by atoms with E-state index in [1.807, 2.05) is 20.8 Å². The molecule has 0 aromatic heterocycles. The topological polar surface area (TPSA) is 378 Å². The van der Waals surface area contributed by atoms with Crippen LogP contribution in [0.25, 0.3) is 0 Å². The van der Waals surface area contributed by atoms with Crippen LogP contribution in [0.2, 0.25) is 0 Å². The molecule has 1 unspecified atom stereocenters. The molecule has 4 fully saturated rings. The van der Waals surface area contributed by atoms with Gasteiger partial charge in [0.1, 0.15) is 54.3 Å². The summed E-state index contributed by atoms with van der Waals surface area (Å²) in [5.41, 5.74) is 16.3. The Kier molecular flexibility index (Phi) is 18.0. The minimum atomic E-state index is -1.74. The van der Waals surface area contributed by atoms with Crippen molar-refractivity contribution < 1.29 is 67.8 Å². The number of allylic oxidation sites excluding steroid dienone is 1. The second-order valence-electron chi connectivity index (χ2n) is 16.7. The van der Waals surface area contributed by atoms with Crippen molar-refractivity contribution in [2.75, 3.05) is 46.5 Å². The first-order valence-electron chi connectivity index (χ1n) is 21.0. The Labute approximate surface area is 364 Å². The number of hydrogen-bond acceptors (Lipinski definition) is 15. The standard InChI is InChI=1S/C39H64N10O14/c1-20(2)9-10-26-38(3,63-26)31-30(60-4)25(11-12-39(31)19-61-39)62-37(59)45-17-28(52)46-21(7-5-13-43-36(41)42)33(56)44-16-27(51)47-22(15-29(53)54)34(57)48-23(18-50)35(58)49-14-6-8-24(49)32(40)55/h9,21-27,30-31,47,50-51H,5-8,10-19H2,1-4H3,(H2,40,55)(H,44,56)(H,45,59)(H,46,52)(H,48,57)(H,53,54)(H4,41,42,43)/t21-,22-,23-,24?,25+,26+,27+,30+,31+,38-,39-/m0/s1. The number of aliphatic carboxylic acids is 1. The number of primary amides is 1. The fourth-order valence-electron chi connectivity index (χ4n) is 8.42. The number of aliphatic hydroxyl groups is 2. The number of epoxide rings is 2.